The molecule has 0 N–H and O–H groups in total. The largest absolute Gasteiger partial charge is 0.298 e. The van der Waals surface area contributed by atoms with Crippen molar-refractivity contribution in [1.82, 2.24) is 4.90 Å². The number of rotatable bonds is 5. The molecule has 1 aliphatic rings. The van der Waals surface area contributed by atoms with Crippen molar-refractivity contribution in [2.24, 2.45) is 5.92 Å². The highest BCUT2D eigenvalue weighted by molar-refractivity contribution is 7.91. The van der Waals surface area contributed by atoms with E-state index in [1.807, 2.05) is 18.2 Å². The first kappa shape index (κ1) is 17.9. The minimum atomic E-state index is -3.37. The van der Waals surface area contributed by atoms with Crippen LogP contribution in [0.4, 0.5) is 4.39 Å². The SMILES string of the molecule is O=S(=O)(CC1CN(Cc2csc3cc(Cl)ccc23)C1)c1ccc(F)cc1. The van der Waals surface area contributed by atoms with Gasteiger partial charge in [0.2, 0.25) is 0 Å². The molecule has 0 atom stereocenters. The fourth-order valence-corrected chi connectivity index (χ4v) is 6.18. The number of likely N-dealkylation sites (tertiary alicyclic amines) is 1. The molecule has 136 valence electrons. The highest BCUT2D eigenvalue weighted by Gasteiger charge is 2.31. The van der Waals surface area contributed by atoms with E-state index in [2.05, 4.69) is 10.3 Å². The van der Waals surface area contributed by atoms with Crippen molar-refractivity contribution in [1.29, 1.82) is 0 Å². The maximum atomic E-state index is 13.0. The Morgan fingerprint density at radius 2 is 1.88 bits per heavy atom. The summed E-state index contributed by atoms with van der Waals surface area (Å²) in [6.07, 6.45) is 0. The van der Waals surface area contributed by atoms with Gasteiger partial charge in [-0.15, -0.1) is 11.3 Å². The van der Waals surface area contributed by atoms with E-state index >= 15 is 0 Å². The van der Waals surface area contributed by atoms with Crippen LogP contribution in [0.15, 0.2) is 52.7 Å². The molecular formula is C19H17ClFNO2S2. The van der Waals surface area contributed by atoms with Crippen molar-refractivity contribution in [3.8, 4) is 0 Å². The first-order chi connectivity index (χ1) is 12.4. The second-order valence-corrected chi connectivity index (χ2v) is 10.1. The first-order valence-electron chi connectivity index (χ1n) is 8.27. The van der Waals surface area contributed by atoms with Gasteiger partial charge in [-0.3, -0.25) is 4.90 Å². The summed E-state index contributed by atoms with van der Waals surface area (Å²) in [4.78, 5) is 2.44. The van der Waals surface area contributed by atoms with Crippen LogP contribution in [0, 0.1) is 11.7 Å². The van der Waals surface area contributed by atoms with E-state index in [1.165, 1.54) is 39.9 Å². The molecule has 0 saturated carbocycles. The lowest BCUT2D eigenvalue weighted by Gasteiger charge is -2.39. The van der Waals surface area contributed by atoms with Crippen molar-refractivity contribution in [3.63, 3.8) is 0 Å². The lowest BCUT2D eigenvalue weighted by molar-refractivity contribution is 0.107. The zero-order chi connectivity index (χ0) is 18.3. The summed E-state index contributed by atoms with van der Waals surface area (Å²) in [5, 5.41) is 4.09. The molecule has 26 heavy (non-hydrogen) atoms. The van der Waals surface area contributed by atoms with Gasteiger partial charge in [0.05, 0.1) is 10.6 Å². The van der Waals surface area contributed by atoms with Crippen molar-refractivity contribution in [3.05, 3.63) is 64.2 Å². The van der Waals surface area contributed by atoms with E-state index in [1.54, 1.807) is 11.3 Å². The number of thiophene rings is 1. The number of nitrogens with zero attached hydrogens (tertiary/aromatic N) is 1. The maximum absolute atomic E-state index is 13.0. The standard InChI is InChI=1S/C19H17ClFNO2S2/c20-15-1-6-18-14(11-25-19(18)7-15)10-22-8-13(9-22)12-26(23,24)17-4-2-16(21)3-5-17/h1-7,11,13H,8-10,12H2. The number of benzene rings is 2. The molecule has 3 nitrogen and oxygen atoms in total. The summed E-state index contributed by atoms with van der Waals surface area (Å²) in [5.74, 6) is -0.206. The minimum Gasteiger partial charge on any atom is -0.298 e. The van der Waals surface area contributed by atoms with Crippen LogP contribution in [0.5, 0.6) is 0 Å². The van der Waals surface area contributed by atoms with Crippen LogP contribution < -0.4 is 0 Å². The zero-order valence-corrected chi connectivity index (χ0v) is 16.2. The van der Waals surface area contributed by atoms with E-state index < -0.39 is 15.7 Å². The van der Waals surface area contributed by atoms with Gasteiger partial charge in [-0.05, 0) is 58.6 Å². The van der Waals surface area contributed by atoms with Crippen LogP contribution in [0.2, 0.25) is 5.02 Å². The van der Waals surface area contributed by atoms with Gasteiger partial charge in [-0.2, -0.15) is 0 Å². The second kappa shape index (κ2) is 6.93. The maximum Gasteiger partial charge on any atom is 0.178 e. The number of sulfone groups is 1. The Morgan fingerprint density at radius 3 is 2.62 bits per heavy atom. The molecule has 0 spiro atoms. The molecular weight excluding hydrogens is 393 g/mol. The molecule has 2 heterocycles. The van der Waals surface area contributed by atoms with Crippen molar-refractivity contribution in [2.75, 3.05) is 18.8 Å². The van der Waals surface area contributed by atoms with Gasteiger partial charge >= 0.3 is 0 Å². The molecule has 1 aliphatic heterocycles. The van der Waals surface area contributed by atoms with Crippen LogP contribution in [0.1, 0.15) is 5.56 Å². The number of hydrogen-bond donors (Lipinski definition) is 0. The van der Waals surface area contributed by atoms with Gasteiger partial charge in [0.1, 0.15) is 5.82 Å². The summed E-state index contributed by atoms with van der Waals surface area (Å²) in [5.41, 5.74) is 1.25. The topological polar surface area (TPSA) is 37.4 Å². The van der Waals surface area contributed by atoms with Crippen molar-refractivity contribution >= 4 is 42.9 Å². The van der Waals surface area contributed by atoms with E-state index in [0.29, 0.717) is 0 Å². The quantitative estimate of drug-likeness (QED) is 0.578. The van der Waals surface area contributed by atoms with E-state index in [0.717, 1.165) is 24.7 Å². The van der Waals surface area contributed by atoms with Gasteiger partial charge < -0.3 is 0 Å². The molecule has 0 bridgehead atoms. The first-order valence-corrected chi connectivity index (χ1v) is 11.2. The fraction of sp³-hybridized carbons (Fsp3) is 0.263. The Kier molecular flexibility index (Phi) is 4.77. The van der Waals surface area contributed by atoms with Gasteiger partial charge in [0.25, 0.3) is 0 Å². The normalized spacial score (nSPS) is 16.1. The van der Waals surface area contributed by atoms with Crippen LogP contribution in [-0.4, -0.2) is 32.2 Å². The summed E-state index contributed by atoms with van der Waals surface area (Å²) >= 11 is 7.71. The fourth-order valence-electron chi connectivity index (χ4n) is 3.38. The third kappa shape index (κ3) is 3.64. The Hall–Kier alpha value is -1.47. The Balaban J connectivity index is 1.37. The molecule has 1 aromatic heterocycles. The van der Waals surface area contributed by atoms with Crippen LogP contribution in [-0.2, 0) is 16.4 Å². The van der Waals surface area contributed by atoms with Crippen LogP contribution in [0.3, 0.4) is 0 Å². The van der Waals surface area contributed by atoms with Crippen LogP contribution in [0.25, 0.3) is 10.1 Å². The lowest BCUT2D eigenvalue weighted by atomic mass is 10.0. The second-order valence-electron chi connectivity index (χ2n) is 6.70. The zero-order valence-electron chi connectivity index (χ0n) is 13.9. The third-order valence-electron chi connectivity index (χ3n) is 4.67. The predicted molar refractivity (Wildman–Crippen MR) is 104 cm³/mol. The van der Waals surface area contributed by atoms with Crippen molar-refractivity contribution in [2.45, 2.75) is 11.4 Å². The molecule has 1 fully saturated rings. The molecule has 0 radical (unpaired) electrons. The smallest absolute Gasteiger partial charge is 0.178 e. The lowest BCUT2D eigenvalue weighted by Crippen LogP contribution is -2.48. The molecule has 0 aliphatic carbocycles. The number of fused-ring (bicyclic) bond motifs is 1. The predicted octanol–water partition coefficient (Wildman–Crippen LogP) is 4.60. The van der Waals surface area contributed by atoms with E-state index in [4.69, 9.17) is 11.6 Å². The van der Waals surface area contributed by atoms with E-state index in [-0.39, 0.29) is 16.6 Å². The van der Waals surface area contributed by atoms with Gasteiger partial charge in [-0.25, -0.2) is 12.8 Å². The summed E-state index contributed by atoms with van der Waals surface area (Å²) in [6, 6.07) is 11.0. The molecule has 2 aromatic carbocycles. The van der Waals surface area contributed by atoms with Crippen LogP contribution >= 0.6 is 22.9 Å². The highest BCUT2D eigenvalue weighted by Crippen LogP contribution is 2.31. The minimum absolute atomic E-state index is 0.106. The molecule has 1 saturated heterocycles. The average molecular weight is 410 g/mol. The monoisotopic (exact) mass is 409 g/mol. The Bertz CT molecular complexity index is 1040. The summed E-state index contributed by atoms with van der Waals surface area (Å²) < 4.78 is 39.0. The van der Waals surface area contributed by atoms with E-state index in [9.17, 15) is 12.8 Å². The number of hydrogen-bond acceptors (Lipinski definition) is 4. The van der Waals surface area contributed by atoms with Gasteiger partial charge in [-0.1, -0.05) is 17.7 Å². The van der Waals surface area contributed by atoms with Gasteiger partial charge in [0.15, 0.2) is 9.84 Å². The molecule has 0 unspecified atom stereocenters. The molecule has 3 aromatic rings. The summed E-state index contributed by atoms with van der Waals surface area (Å²) in [6.45, 7) is 2.32. The third-order valence-corrected chi connectivity index (χ3v) is 7.80. The molecule has 7 heteroatoms. The van der Waals surface area contributed by atoms with Gasteiger partial charge in [0, 0.05) is 29.4 Å². The highest BCUT2D eigenvalue weighted by atomic mass is 35.5. The molecule has 0 amide bonds. The molecule has 4 rings (SSSR count). The summed E-state index contributed by atoms with van der Waals surface area (Å²) in [7, 11) is -3.37. The number of halogens is 2. The average Bonchev–Trinajstić information content (AvgIpc) is 2.95. The Labute approximate surface area is 160 Å². The van der Waals surface area contributed by atoms with Crippen molar-refractivity contribution < 1.29 is 12.8 Å². The Morgan fingerprint density at radius 1 is 1.15 bits per heavy atom.